The highest BCUT2D eigenvalue weighted by Gasteiger charge is 2.06. The van der Waals surface area contributed by atoms with Crippen LogP contribution in [0.3, 0.4) is 0 Å². The van der Waals surface area contributed by atoms with Gasteiger partial charge in [0.05, 0.1) is 0 Å². The molecule has 8 nitrogen and oxygen atoms in total. The van der Waals surface area contributed by atoms with Gasteiger partial charge in [-0.3, -0.25) is 13.9 Å². The summed E-state index contributed by atoms with van der Waals surface area (Å²) in [5.74, 6) is 0.544. The Morgan fingerprint density at radius 3 is 2.86 bits per heavy atom. The normalized spacial score (nSPS) is 11.3. The van der Waals surface area contributed by atoms with Gasteiger partial charge < -0.3 is 9.77 Å². The molecule has 0 aliphatic heterocycles. The van der Waals surface area contributed by atoms with E-state index in [1.165, 1.54) is 19.3 Å². The van der Waals surface area contributed by atoms with E-state index in [0.29, 0.717) is 31.0 Å². The summed E-state index contributed by atoms with van der Waals surface area (Å²) in [5.41, 5.74) is 0.0263. The minimum atomic E-state index is -0.317. The molecular weight excluding hydrogens is 274 g/mol. The number of oxime groups is 1. The van der Waals surface area contributed by atoms with Crippen LogP contribution >= 0.6 is 0 Å². The van der Waals surface area contributed by atoms with Crippen molar-refractivity contribution in [2.24, 2.45) is 12.2 Å². The molecule has 8 heteroatoms. The van der Waals surface area contributed by atoms with Crippen LogP contribution < -0.4 is 11.2 Å². The average Bonchev–Trinajstić information content (AvgIpc) is 2.88. The van der Waals surface area contributed by atoms with Crippen LogP contribution in [-0.2, 0) is 20.1 Å². The first-order chi connectivity index (χ1) is 10.0. The predicted molar refractivity (Wildman–Crippen MR) is 76.9 cm³/mol. The molecule has 0 amide bonds. The fourth-order valence-electron chi connectivity index (χ4n) is 2.14. The standard InChI is InChI=1S/C13H17N5O3/c1-10-8-12(19)16(2)13(20)18(10)6-3-5-17-7-4-14-11(17)9-15-21/h4,7-9,21H,3,5-6H2,1-2H3/b15-9+. The fraction of sp³-hybridized carbons (Fsp3) is 0.385. The molecule has 2 aromatic heterocycles. The smallest absolute Gasteiger partial charge is 0.330 e. The third-order valence-corrected chi connectivity index (χ3v) is 3.31. The van der Waals surface area contributed by atoms with Gasteiger partial charge >= 0.3 is 5.69 Å². The van der Waals surface area contributed by atoms with Gasteiger partial charge in [-0.15, -0.1) is 0 Å². The molecule has 0 aromatic carbocycles. The van der Waals surface area contributed by atoms with Crippen molar-refractivity contribution in [2.75, 3.05) is 0 Å². The number of aromatic nitrogens is 4. The first-order valence-corrected chi connectivity index (χ1v) is 6.50. The summed E-state index contributed by atoms with van der Waals surface area (Å²) >= 11 is 0. The van der Waals surface area contributed by atoms with Gasteiger partial charge in [0.1, 0.15) is 6.21 Å². The van der Waals surface area contributed by atoms with Gasteiger partial charge in [-0.1, -0.05) is 5.16 Å². The first-order valence-electron chi connectivity index (χ1n) is 6.50. The van der Waals surface area contributed by atoms with Crippen molar-refractivity contribution in [3.05, 3.63) is 50.8 Å². The molecule has 0 atom stereocenters. The molecule has 0 aliphatic carbocycles. The van der Waals surface area contributed by atoms with E-state index in [0.717, 1.165) is 4.57 Å². The van der Waals surface area contributed by atoms with E-state index in [1.54, 1.807) is 23.9 Å². The van der Waals surface area contributed by atoms with E-state index in [-0.39, 0.29) is 11.2 Å². The molecule has 0 bridgehead atoms. The summed E-state index contributed by atoms with van der Waals surface area (Å²) in [4.78, 5) is 27.5. The minimum absolute atomic E-state index is 0.301. The van der Waals surface area contributed by atoms with Crippen LogP contribution in [0.4, 0.5) is 0 Å². The Morgan fingerprint density at radius 2 is 2.14 bits per heavy atom. The zero-order valence-electron chi connectivity index (χ0n) is 11.9. The maximum atomic E-state index is 12.0. The molecule has 1 N–H and O–H groups in total. The minimum Gasteiger partial charge on any atom is -0.411 e. The van der Waals surface area contributed by atoms with Crippen molar-refractivity contribution < 1.29 is 5.21 Å². The Morgan fingerprint density at radius 1 is 1.38 bits per heavy atom. The van der Waals surface area contributed by atoms with E-state index in [2.05, 4.69) is 10.1 Å². The molecule has 2 heterocycles. The molecule has 2 rings (SSSR count). The van der Waals surface area contributed by atoms with Gasteiger partial charge in [-0.25, -0.2) is 9.78 Å². The topological polar surface area (TPSA) is 94.4 Å². The van der Waals surface area contributed by atoms with Crippen LogP contribution in [0.1, 0.15) is 17.9 Å². The lowest BCUT2D eigenvalue weighted by Crippen LogP contribution is -2.38. The molecule has 0 unspecified atom stereocenters. The summed E-state index contributed by atoms with van der Waals surface area (Å²) in [6.07, 6.45) is 5.32. The van der Waals surface area contributed by atoms with Gasteiger partial charge in [0.15, 0.2) is 5.82 Å². The van der Waals surface area contributed by atoms with Crippen LogP contribution in [0.2, 0.25) is 0 Å². The quantitative estimate of drug-likeness (QED) is 0.475. The molecule has 0 spiro atoms. The van der Waals surface area contributed by atoms with E-state index in [4.69, 9.17) is 5.21 Å². The van der Waals surface area contributed by atoms with Crippen molar-refractivity contribution in [3.63, 3.8) is 0 Å². The summed E-state index contributed by atoms with van der Waals surface area (Å²) in [6.45, 7) is 2.85. The first kappa shape index (κ1) is 14.8. The van der Waals surface area contributed by atoms with Crippen molar-refractivity contribution >= 4 is 6.21 Å². The third-order valence-electron chi connectivity index (χ3n) is 3.31. The van der Waals surface area contributed by atoms with E-state index in [1.807, 2.05) is 4.57 Å². The van der Waals surface area contributed by atoms with Gasteiger partial charge in [-0.2, -0.15) is 0 Å². The Hall–Kier alpha value is -2.64. The monoisotopic (exact) mass is 291 g/mol. The van der Waals surface area contributed by atoms with Gasteiger partial charge in [-0.05, 0) is 13.3 Å². The SMILES string of the molecule is Cc1cc(=O)n(C)c(=O)n1CCCn1ccnc1/C=N/O. The highest BCUT2D eigenvalue weighted by Crippen LogP contribution is 2.00. The maximum absolute atomic E-state index is 12.0. The van der Waals surface area contributed by atoms with Crippen LogP contribution in [0.5, 0.6) is 0 Å². The molecule has 0 fully saturated rings. The highest BCUT2D eigenvalue weighted by molar-refractivity contribution is 5.74. The molecule has 0 aliphatic rings. The van der Waals surface area contributed by atoms with Crippen molar-refractivity contribution in [1.82, 2.24) is 18.7 Å². The zero-order chi connectivity index (χ0) is 15.4. The second-order valence-electron chi connectivity index (χ2n) is 4.69. The molecule has 0 radical (unpaired) electrons. The zero-order valence-corrected chi connectivity index (χ0v) is 11.9. The third kappa shape index (κ3) is 3.10. The van der Waals surface area contributed by atoms with Crippen molar-refractivity contribution in [1.29, 1.82) is 0 Å². The Bertz CT molecular complexity index is 769. The summed E-state index contributed by atoms with van der Waals surface area (Å²) in [7, 11) is 1.46. The highest BCUT2D eigenvalue weighted by atomic mass is 16.4. The number of hydrogen-bond donors (Lipinski definition) is 1. The number of rotatable bonds is 5. The lowest BCUT2D eigenvalue weighted by molar-refractivity contribution is 0.321. The van der Waals surface area contributed by atoms with Crippen molar-refractivity contribution in [3.8, 4) is 0 Å². The molecule has 21 heavy (non-hydrogen) atoms. The Labute approximate surface area is 120 Å². The predicted octanol–water partition coefficient (Wildman–Crippen LogP) is -0.0497. The largest absolute Gasteiger partial charge is 0.411 e. The van der Waals surface area contributed by atoms with Gasteiger partial charge in [0, 0.05) is 44.3 Å². The van der Waals surface area contributed by atoms with Crippen molar-refractivity contribution in [2.45, 2.75) is 26.4 Å². The number of aryl methyl sites for hydroxylation is 2. The fourth-order valence-corrected chi connectivity index (χ4v) is 2.14. The molecule has 0 saturated heterocycles. The Balaban J connectivity index is 2.11. The Kier molecular flexibility index (Phi) is 4.36. The van der Waals surface area contributed by atoms with Crippen LogP contribution in [0.25, 0.3) is 0 Å². The summed E-state index contributed by atoms with van der Waals surface area (Å²) < 4.78 is 4.48. The second-order valence-corrected chi connectivity index (χ2v) is 4.69. The van der Waals surface area contributed by atoms with Gasteiger partial charge in [0.25, 0.3) is 5.56 Å². The number of hydrogen-bond acceptors (Lipinski definition) is 5. The van der Waals surface area contributed by atoms with Gasteiger partial charge in [0.2, 0.25) is 0 Å². The summed E-state index contributed by atoms with van der Waals surface area (Å²) in [5, 5.41) is 11.5. The second kappa shape index (κ2) is 6.21. The molecule has 0 saturated carbocycles. The molecule has 2 aromatic rings. The maximum Gasteiger partial charge on any atom is 0.330 e. The van der Waals surface area contributed by atoms with Crippen LogP contribution in [0, 0.1) is 6.92 Å². The lowest BCUT2D eigenvalue weighted by Gasteiger charge is -2.11. The van der Waals surface area contributed by atoms with Crippen LogP contribution in [0.15, 0.2) is 33.2 Å². The van der Waals surface area contributed by atoms with E-state index < -0.39 is 0 Å². The van der Waals surface area contributed by atoms with E-state index in [9.17, 15) is 9.59 Å². The van der Waals surface area contributed by atoms with E-state index >= 15 is 0 Å². The average molecular weight is 291 g/mol. The van der Waals surface area contributed by atoms with Crippen LogP contribution in [-0.4, -0.2) is 30.1 Å². The molecular formula is C13H17N5O3. The number of nitrogens with zero attached hydrogens (tertiary/aromatic N) is 5. The molecule has 112 valence electrons. The summed E-state index contributed by atoms with van der Waals surface area (Å²) in [6, 6.07) is 1.45. The number of imidazole rings is 1. The lowest BCUT2D eigenvalue weighted by atomic mass is 10.3.